The van der Waals surface area contributed by atoms with Crippen LogP contribution in [0.2, 0.25) is 0 Å². The summed E-state index contributed by atoms with van der Waals surface area (Å²) in [6, 6.07) is -0.0833. The van der Waals surface area contributed by atoms with Crippen molar-refractivity contribution in [2.45, 2.75) is 0 Å². The van der Waals surface area contributed by atoms with E-state index in [1.807, 2.05) is 0 Å². The van der Waals surface area contributed by atoms with E-state index in [0.29, 0.717) is 6.54 Å². The maximum absolute atomic E-state index is 10.3. The van der Waals surface area contributed by atoms with Gasteiger partial charge in [0.1, 0.15) is 0 Å². The van der Waals surface area contributed by atoms with E-state index in [2.05, 4.69) is 4.99 Å². The Bertz CT molecular complexity index is 99.9. The molecule has 0 amide bonds. The summed E-state index contributed by atoms with van der Waals surface area (Å²) < 4.78 is 0. The van der Waals surface area contributed by atoms with E-state index in [0.717, 1.165) is 6.54 Å². The van der Waals surface area contributed by atoms with Crippen LogP contribution >= 0.6 is 0 Å². The summed E-state index contributed by atoms with van der Waals surface area (Å²) in [6.45, 7) is 1.47. The van der Waals surface area contributed by atoms with E-state index in [9.17, 15) is 5.11 Å². The minimum absolute atomic E-state index is 0.0833. The molecule has 0 bridgehead atoms. The summed E-state index contributed by atoms with van der Waals surface area (Å²) in [6.07, 6.45) is 0. The molecule has 0 radical (unpaired) electrons. The molecule has 0 aromatic heterocycles. The zero-order chi connectivity index (χ0) is 5.28. The van der Waals surface area contributed by atoms with Crippen molar-refractivity contribution in [1.29, 1.82) is 0 Å². The van der Waals surface area contributed by atoms with Gasteiger partial charge in [0, 0.05) is 19.6 Å². The quantitative estimate of drug-likeness (QED) is 0.376. The fourth-order valence-electron chi connectivity index (χ4n) is 0.512. The number of nitrogens with zero attached hydrogens (tertiary/aromatic N) is 2. The van der Waals surface area contributed by atoms with Crippen molar-refractivity contribution in [1.82, 2.24) is 4.90 Å². The fraction of sp³-hybridized carbons (Fsp3) is 0.750. The van der Waals surface area contributed by atoms with Crippen LogP contribution in [0.15, 0.2) is 4.99 Å². The van der Waals surface area contributed by atoms with E-state index in [-0.39, 0.29) is 6.02 Å². The van der Waals surface area contributed by atoms with E-state index in [1.54, 1.807) is 11.9 Å². The molecule has 0 aliphatic carbocycles. The Balaban J connectivity index is 2.54. The van der Waals surface area contributed by atoms with Crippen LogP contribution in [0.5, 0.6) is 0 Å². The Morgan fingerprint density at radius 2 is 2.57 bits per heavy atom. The standard InChI is InChI=1S/C4H8N2O/c1-6-3-2-5-4(6)7/h2-3H2,1H3,(H,5,7)/p-1. The second kappa shape index (κ2) is 1.40. The van der Waals surface area contributed by atoms with Gasteiger partial charge in [0.25, 0.3) is 0 Å². The molecule has 0 fully saturated rings. The van der Waals surface area contributed by atoms with Gasteiger partial charge in [-0.25, -0.2) is 0 Å². The Morgan fingerprint density at radius 1 is 1.86 bits per heavy atom. The van der Waals surface area contributed by atoms with Gasteiger partial charge in [-0.05, 0) is 0 Å². The first-order chi connectivity index (χ1) is 3.30. The monoisotopic (exact) mass is 99.1 g/mol. The molecule has 1 heterocycles. The van der Waals surface area contributed by atoms with E-state index in [1.165, 1.54) is 0 Å². The molecule has 0 aromatic carbocycles. The van der Waals surface area contributed by atoms with Crippen molar-refractivity contribution in [2.75, 3.05) is 20.1 Å². The van der Waals surface area contributed by atoms with Crippen molar-refractivity contribution < 1.29 is 5.11 Å². The summed E-state index contributed by atoms with van der Waals surface area (Å²) in [5.41, 5.74) is 0. The molecule has 40 valence electrons. The Kier molecular flexibility index (Phi) is 0.889. The highest BCUT2D eigenvalue weighted by Gasteiger charge is 1.99. The van der Waals surface area contributed by atoms with Crippen molar-refractivity contribution in [3.05, 3.63) is 0 Å². The Morgan fingerprint density at radius 3 is 2.71 bits per heavy atom. The van der Waals surface area contributed by atoms with Crippen LogP contribution in [0.25, 0.3) is 0 Å². The number of amidine groups is 1. The van der Waals surface area contributed by atoms with Gasteiger partial charge < -0.3 is 10.0 Å². The lowest BCUT2D eigenvalue weighted by Gasteiger charge is -2.15. The summed E-state index contributed by atoms with van der Waals surface area (Å²) in [4.78, 5) is 5.20. The third-order valence-electron chi connectivity index (χ3n) is 1.01. The third kappa shape index (κ3) is 0.656. The van der Waals surface area contributed by atoms with Crippen molar-refractivity contribution >= 4 is 6.02 Å². The molecular formula is C4H7N2O-. The largest absolute Gasteiger partial charge is 0.846 e. The van der Waals surface area contributed by atoms with Crippen LogP contribution in [0.4, 0.5) is 0 Å². The van der Waals surface area contributed by atoms with Crippen molar-refractivity contribution in [3.63, 3.8) is 0 Å². The second-order valence-electron chi connectivity index (χ2n) is 1.59. The summed E-state index contributed by atoms with van der Waals surface area (Å²) >= 11 is 0. The topological polar surface area (TPSA) is 38.7 Å². The molecule has 0 saturated carbocycles. The van der Waals surface area contributed by atoms with Gasteiger partial charge in [0.05, 0.1) is 6.54 Å². The lowest BCUT2D eigenvalue weighted by atomic mass is 10.6. The lowest BCUT2D eigenvalue weighted by molar-refractivity contribution is -0.230. The second-order valence-corrected chi connectivity index (χ2v) is 1.59. The molecule has 0 N–H and O–H groups in total. The first-order valence-electron chi connectivity index (χ1n) is 2.23. The van der Waals surface area contributed by atoms with Gasteiger partial charge in [0.15, 0.2) is 0 Å². The number of aliphatic imine (C=N–C) groups is 1. The van der Waals surface area contributed by atoms with Crippen molar-refractivity contribution in [3.8, 4) is 0 Å². The zero-order valence-corrected chi connectivity index (χ0v) is 4.22. The molecule has 3 nitrogen and oxygen atoms in total. The number of hydrogen-bond donors (Lipinski definition) is 0. The highest BCUT2D eigenvalue weighted by atomic mass is 16.3. The molecule has 1 rings (SSSR count). The normalized spacial score (nSPS) is 20.1. The van der Waals surface area contributed by atoms with Crippen LogP contribution in [0, 0.1) is 0 Å². The van der Waals surface area contributed by atoms with Gasteiger partial charge >= 0.3 is 0 Å². The molecule has 0 spiro atoms. The minimum atomic E-state index is -0.0833. The molecule has 3 heteroatoms. The third-order valence-corrected chi connectivity index (χ3v) is 1.01. The van der Waals surface area contributed by atoms with Gasteiger partial charge in [-0.15, -0.1) is 0 Å². The SMILES string of the molecule is CN1CCN=C1[O-]. The highest BCUT2D eigenvalue weighted by Crippen LogP contribution is 1.89. The van der Waals surface area contributed by atoms with Crippen LogP contribution < -0.4 is 5.11 Å². The first kappa shape index (κ1) is 4.43. The molecule has 0 atom stereocenters. The number of likely N-dealkylation sites (N-methyl/N-ethyl adjacent to an activating group) is 1. The van der Waals surface area contributed by atoms with Gasteiger partial charge in [-0.3, -0.25) is 4.99 Å². The minimum Gasteiger partial charge on any atom is -0.846 e. The predicted octanol–water partition coefficient (Wildman–Crippen LogP) is -1.35. The van der Waals surface area contributed by atoms with Crippen LogP contribution in [0.3, 0.4) is 0 Å². The van der Waals surface area contributed by atoms with Crippen LogP contribution in [-0.2, 0) is 0 Å². The molecule has 1 aliphatic rings. The summed E-state index contributed by atoms with van der Waals surface area (Å²) in [5, 5.41) is 10.3. The molecule has 0 saturated heterocycles. The maximum Gasteiger partial charge on any atom is 0.0575 e. The van der Waals surface area contributed by atoms with E-state index >= 15 is 0 Å². The Hall–Kier alpha value is -0.730. The van der Waals surface area contributed by atoms with Gasteiger partial charge in [0.2, 0.25) is 0 Å². The van der Waals surface area contributed by atoms with Crippen LogP contribution in [-0.4, -0.2) is 31.1 Å². The average Bonchev–Trinajstić information content (AvgIpc) is 1.91. The molecule has 0 unspecified atom stereocenters. The molecule has 7 heavy (non-hydrogen) atoms. The molecule has 0 aromatic rings. The zero-order valence-electron chi connectivity index (χ0n) is 4.22. The maximum atomic E-state index is 10.3. The molecule has 1 aliphatic heterocycles. The number of rotatable bonds is 0. The fourth-order valence-corrected chi connectivity index (χ4v) is 0.512. The average molecular weight is 99.1 g/mol. The van der Waals surface area contributed by atoms with Gasteiger partial charge in [-0.1, -0.05) is 0 Å². The van der Waals surface area contributed by atoms with Crippen molar-refractivity contribution in [2.24, 2.45) is 4.99 Å². The smallest absolute Gasteiger partial charge is 0.0575 e. The van der Waals surface area contributed by atoms with E-state index in [4.69, 9.17) is 0 Å². The first-order valence-corrected chi connectivity index (χ1v) is 2.23. The van der Waals surface area contributed by atoms with Gasteiger partial charge in [-0.2, -0.15) is 0 Å². The van der Waals surface area contributed by atoms with E-state index < -0.39 is 0 Å². The number of hydrogen-bond acceptors (Lipinski definition) is 3. The highest BCUT2D eigenvalue weighted by molar-refractivity contribution is 5.70. The van der Waals surface area contributed by atoms with Crippen LogP contribution in [0.1, 0.15) is 0 Å². The Labute approximate surface area is 42.3 Å². The lowest BCUT2D eigenvalue weighted by Crippen LogP contribution is -2.32. The summed E-state index contributed by atoms with van der Waals surface area (Å²) in [5.74, 6) is 0. The molecular weight excluding hydrogens is 92.1 g/mol. The predicted molar refractivity (Wildman–Crippen MR) is 24.9 cm³/mol. The summed E-state index contributed by atoms with van der Waals surface area (Å²) in [7, 11) is 1.75.